The number of aromatic nitrogens is 3. The Morgan fingerprint density at radius 3 is 2.53 bits per heavy atom. The van der Waals surface area contributed by atoms with Crippen molar-refractivity contribution in [2.45, 2.75) is 17.3 Å². The van der Waals surface area contributed by atoms with Gasteiger partial charge in [0, 0.05) is 20.6 Å². The molecule has 34 heavy (non-hydrogen) atoms. The average molecular weight is 556 g/mol. The summed E-state index contributed by atoms with van der Waals surface area (Å²) in [5.74, 6) is 1.04. The van der Waals surface area contributed by atoms with E-state index in [1.807, 2.05) is 53.4 Å². The Bertz CT molecular complexity index is 1440. The van der Waals surface area contributed by atoms with E-state index < -0.39 is 6.10 Å². The maximum absolute atomic E-state index is 13.9. The van der Waals surface area contributed by atoms with Crippen LogP contribution in [0, 0.1) is 5.82 Å². The summed E-state index contributed by atoms with van der Waals surface area (Å²) in [5, 5.41) is 9.48. The smallest absolute Gasteiger partial charge is 0.227 e. The van der Waals surface area contributed by atoms with Gasteiger partial charge in [0.2, 0.25) is 11.1 Å². The quantitative estimate of drug-likeness (QED) is 0.273. The van der Waals surface area contributed by atoms with E-state index in [0.29, 0.717) is 16.1 Å². The zero-order valence-corrected chi connectivity index (χ0v) is 21.0. The molecule has 0 unspecified atom stereocenters. The van der Waals surface area contributed by atoms with E-state index in [2.05, 4.69) is 26.2 Å². The summed E-state index contributed by atoms with van der Waals surface area (Å²) in [6.45, 7) is 0. The summed E-state index contributed by atoms with van der Waals surface area (Å²) in [5.41, 5.74) is 4.54. The summed E-state index contributed by atoms with van der Waals surface area (Å²) in [6, 6.07) is 19.8. The Labute approximate surface area is 213 Å². The molecule has 0 aliphatic carbocycles. The summed E-state index contributed by atoms with van der Waals surface area (Å²) < 4.78 is 23.3. The largest absolute Gasteiger partial charge is 0.480 e. The topological polar surface area (TPSA) is 52.0 Å². The third-order valence-corrected chi connectivity index (χ3v) is 7.26. The van der Waals surface area contributed by atoms with Crippen LogP contribution in [0.4, 0.5) is 10.3 Å². The molecule has 3 aromatic carbocycles. The standard InChI is InChI=1S/C25H17BrClFN4OS/c1-34-25-30-24-29-21-18-12-16(27)8-11-19(18)33-23(14-2-6-15(26)7-3-14)20(21)22(32(24)31-25)13-4-9-17(28)10-5-13/h2-12,22-23H,1H3,(H,29,30,31)/t22-,23+/m1/s1. The molecule has 5 nitrogen and oxygen atoms in total. The minimum absolute atomic E-state index is 0.294. The number of benzene rings is 3. The summed E-state index contributed by atoms with van der Waals surface area (Å²) in [4.78, 5) is 4.67. The molecule has 9 heteroatoms. The van der Waals surface area contributed by atoms with Crippen LogP contribution in [0.5, 0.6) is 5.75 Å². The third kappa shape index (κ3) is 3.61. The van der Waals surface area contributed by atoms with Gasteiger partial charge in [-0.05, 0) is 59.8 Å². The summed E-state index contributed by atoms with van der Waals surface area (Å²) in [6.07, 6.45) is 1.53. The number of rotatable bonds is 3. The Hall–Kier alpha value is -2.81. The Balaban J connectivity index is 1.63. The number of halogens is 3. The minimum Gasteiger partial charge on any atom is -0.480 e. The number of hydrogen-bond donors (Lipinski definition) is 1. The fourth-order valence-electron chi connectivity index (χ4n) is 4.45. The molecule has 0 amide bonds. The highest BCUT2D eigenvalue weighted by atomic mass is 79.9. The predicted octanol–water partition coefficient (Wildman–Crippen LogP) is 7.11. The third-order valence-electron chi connectivity index (χ3n) is 5.96. The van der Waals surface area contributed by atoms with Crippen molar-refractivity contribution >= 4 is 50.9 Å². The zero-order valence-electron chi connectivity index (χ0n) is 17.8. The molecule has 2 atom stereocenters. The molecular formula is C25H17BrClFN4OS. The fraction of sp³-hybridized carbons (Fsp3) is 0.120. The van der Waals surface area contributed by atoms with Gasteiger partial charge in [-0.2, -0.15) is 4.98 Å². The lowest BCUT2D eigenvalue weighted by Crippen LogP contribution is -2.32. The van der Waals surface area contributed by atoms with Gasteiger partial charge < -0.3 is 10.1 Å². The van der Waals surface area contributed by atoms with Gasteiger partial charge in [-0.3, -0.25) is 0 Å². The second-order valence-corrected chi connectivity index (χ2v) is 10.1. The number of fused-ring (bicyclic) bond motifs is 3. The lowest BCUT2D eigenvalue weighted by atomic mass is 9.84. The highest BCUT2D eigenvalue weighted by Crippen LogP contribution is 2.51. The normalized spacial score (nSPS) is 18.5. The van der Waals surface area contributed by atoms with Crippen molar-refractivity contribution in [3.63, 3.8) is 0 Å². The van der Waals surface area contributed by atoms with Crippen LogP contribution < -0.4 is 10.1 Å². The van der Waals surface area contributed by atoms with E-state index in [1.54, 1.807) is 12.1 Å². The van der Waals surface area contributed by atoms with Crippen molar-refractivity contribution in [3.05, 3.63) is 104 Å². The van der Waals surface area contributed by atoms with Crippen LogP contribution in [0.2, 0.25) is 5.02 Å². The molecule has 0 spiro atoms. The first-order valence-electron chi connectivity index (χ1n) is 10.5. The maximum Gasteiger partial charge on any atom is 0.227 e. The second-order valence-electron chi connectivity index (χ2n) is 7.97. The number of nitrogens with one attached hydrogen (secondary N) is 1. The van der Waals surface area contributed by atoms with Gasteiger partial charge in [0.05, 0.1) is 5.70 Å². The van der Waals surface area contributed by atoms with Gasteiger partial charge in [0.15, 0.2) is 0 Å². The van der Waals surface area contributed by atoms with Crippen LogP contribution in [0.1, 0.15) is 28.8 Å². The molecule has 170 valence electrons. The van der Waals surface area contributed by atoms with Crippen molar-refractivity contribution in [1.29, 1.82) is 0 Å². The van der Waals surface area contributed by atoms with Gasteiger partial charge in [0.1, 0.15) is 23.7 Å². The molecule has 1 aromatic heterocycles. The molecule has 1 N–H and O–H groups in total. The Morgan fingerprint density at radius 1 is 1.06 bits per heavy atom. The van der Waals surface area contributed by atoms with Crippen LogP contribution in [0.25, 0.3) is 5.70 Å². The summed E-state index contributed by atoms with van der Waals surface area (Å²) in [7, 11) is 0. The lowest BCUT2D eigenvalue weighted by Gasteiger charge is -2.39. The van der Waals surface area contributed by atoms with E-state index in [-0.39, 0.29) is 11.9 Å². The van der Waals surface area contributed by atoms with E-state index >= 15 is 0 Å². The molecule has 6 rings (SSSR count). The summed E-state index contributed by atoms with van der Waals surface area (Å²) >= 11 is 11.4. The van der Waals surface area contributed by atoms with Crippen molar-refractivity contribution < 1.29 is 9.13 Å². The molecule has 4 aromatic rings. The minimum atomic E-state index is -0.408. The van der Waals surface area contributed by atoms with E-state index in [0.717, 1.165) is 38.2 Å². The van der Waals surface area contributed by atoms with E-state index in [4.69, 9.17) is 21.4 Å². The zero-order chi connectivity index (χ0) is 23.4. The Morgan fingerprint density at radius 2 is 1.79 bits per heavy atom. The fourth-order valence-corrected chi connectivity index (χ4v) is 5.23. The number of nitrogens with zero attached hydrogens (tertiary/aromatic N) is 3. The number of thioether (sulfide) groups is 1. The molecule has 0 saturated heterocycles. The van der Waals surface area contributed by atoms with Crippen molar-refractivity contribution in [2.75, 3.05) is 11.6 Å². The first kappa shape index (κ1) is 21.7. The molecule has 3 heterocycles. The Kier molecular flexibility index (Phi) is 5.39. The maximum atomic E-state index is 13.9. The second kappa shape index (κ2) is 8.45. The van der Waals surface area contributed by atoms with E-state index in [1.165, 1.54) is 23.9 Å². The van der Waals surface area contributed by atoms with Gasteiger partial charge in [-0.1, -0.05) is 63.6 Å². The van der Waals surface area contributed by atoms with E-state index in [9.17, 15) is 4.39 Å². The van der Waals surface area contributed by atoms with Gasteiger partial charge in [0.25, 0.3) is 0 Å². The molecule has 2 aliphatic heterocycles. The monoisotopic (exact) mass is 554 g/mol. The van der Waals surface area contributed by atoms with Crippen LogP contribution >= 0.6 is 39.3 Å². The molecule has 0 radical (unpaired) electrons. The van der Waals surface area contributed by atoms with Crippen molar-refractivity contribution in [3.8, 4) is 5.75 Å². The van der Waals surface area contributed by atoms with Crippen molar-refractivity contribution in [2.24, 2.45) is 0 Å². The first-order valence-corrected chi connectivity index (χ1v) is 12.9. The van der Waals surface area contributed by atoms with Crippen LogP contribution in [-0.4, -0.2) is 21.0 Å². The molecule has 0 saturated carbocycles. The predicted molar refractivity (Wildman–Crippen MR) is 136 cm³/mol. The molecule has 0 fully saturated rings. The van der Waals surface area contributed by atoms with Gasteiger partial charge >= 0.3 is 0 Å². The molecular weight excluding hydrogens is 539 g/mol. The molecule has 2 aliphatic rings. The van der Waals surface area contributed by atoms with Crippen LogP contribution in [-0.2, 0) is 0 Å². The van der Waals surface area contributed by atoms with Crippen LogP contribution in [0.3, 0.4) is 0 Å². The van der Waals surface area contributed by atoms with Gasteiger partial charge in [-0.15, -0.1) is 5.10 Å². The highest BCUT2D eigenvalue weighted by Gasteiger charge is 2.41. The average Bonchev–Trinajstić information content (AvgIpc) is 3.27. The first-order chi connectivity index (χ1) is 16.5. The highest BCUT2D eigenvalue weighted by molar-refractivity contribution is 9.10. The number of anilines is 1. The number of ether oxygens (including phenoxy) is 1. The molecule has 0 bridgehead atoms. The van der Waals surface area contributed by atoms with Gasteiger partial charge in [-0.25, -0.2) is 9.07 Å². The number of hydrogen-bond acceptors (Lipinski definition) is 5. The van der Waals surface area contributed by atoms with Crippen molar-refractivity contribution in [1.82, 2.24) is 14.8 Å². The SMILES string of the molecule is CSc1nc2n(n1)[C@H](c1ccc(F)cc1)C1=C(N2)c2cc(Cl)ccc2O[C@H]1c1ccc(Br)cc1. The lowest BCUT2D eigenvalue weighted by molar-refractivity contribution is 0.223. The van der Waals surface area contributed by atoms with Crippen LogP contribution in [0.15, 0.2) is 81.9 Å².